The second-order valence-electron chi connectivity index (χ2n) is 10.4. The van der Waals surface area contributed by atoms with Crippen LogP contribution in [0, 0.1) is 12.8 Å². The van der Waals surface area contributed by atoms with Gasteiger partial charge in [-0.05, 0) is 56.2 Å². The number of nitrogens with zero attached hydrogens (tertiary/aromatic N) is 4. The van der Waals surface area contributed by atoms with Crippen LogP contribution in [0.25, 0.3) is 0 Å². The number of hydrogen-bond acceptors (Lipinski definition) is 4. The number of rotatable bonds is 4. The first-order valence-electron chi connectivity index (χ1n) is 12.2. The number of carbonyl (C=O) groups excluding carboxylic acids is 1. The third kappa shape index (κ3) is 3.40. The molecule has 4 heterocycles. The highest BCUT2D eigenvalue weighted by Gasteiger charge is 2.47. The van der Waals surface area contributed by atoms with Crippen molar-refractivity contribution in [3.8, 4) is 0 Å². The zero-order valence-electron chi connectivity index (χ0n) is 19.0. The summed E-state index contributed by atoms with van der Waals surface area (Å²) in [6.07, 6.45) is 5.97. The van der Waals surface area contributed by atoms with Crippen LogP contribution < -0.4 is 5.56 Å². The van der Waals surface area contributed by atoms with Gasteiger partial charge in [0, 0.05) is 38.0 Å². The average molecular weight is 433 g/mol. The first kappa shape index (κ1) is 20.2. The van der Waals surface area contributed by atoms with E-state index in [0.29, 0.717) is 25.9 Å². The van der Waals surface area contributed by atoms with Crippen LogP contribution in [0.3, 0.4) is 0 Å². The summed E-state index contributed by atoms with van der Waals surface area (Å²) in [6.45, 7) is 7.25. The van der Waals surface area contributed by atoms with Gasteiger partial charge in [0.05, 0.1) is 24.2 Å². The lowest BCUT2D eigenvalue weighted by Crippen LogP contribution is -2.42. The monoisotopic (exact) mass is 432 g/mol. The van der Waals surface area contributed by atoms with Gasteiger partial charge in [0.25, 0.3) is 5.56 Å². The minimum Gasteiger partial charge on any atom is -0.337 e. The Morgan fingerprint density at radius 1 is 1.16 bits per heavy atom. The number of carbonyl (C=O) groups is 1. The van der Waals surface area contributed by atoms with Gasteiger partial charge in [-0.3, -0.25) is 14.2 Å². The fraction of sp³-hybridized carbons (Fsp3) is 0.577. The Bertz CT molecular complexity index is 1140. The van der Waals surface area contributed by atoms with E-state index in [1.54, 1.807) is 0 Å². The molecule has 1 aromatic carbocycles. The van der Waals surface area contributed by atoms with Gasteiger partial charge in [0.15, 0.2) is 0 Å². The molecule has 6 nitrogen and oxygen atoms in total. The molecule has 6 rings (SSSR count). The maximum Gasteiger partial charge on any atom is 0.258 e. The van der Waals surface area contributed by atoms with Crippen LogP contribution in [-0.4, -0.2) is 51.4 Å². The molecular formula is C26H32N4O2. The van der Waals surface area contributed by atoms with Crippen LogP contribution in [0.2, 0.25) is 0 Å². The molecule has 4 aliphatic rings. The molecule has 32 heavy (non-hydrogen) atoms. The molecule has 1 amide bonds. The van der Waals surface area contributed by atoms with Gasteiger partial charge in [-0.1, -0.05) is 24.3 Å². The first-order valence-corrected chi connectivity index (χ1v) is 12.2. The van der Waals surface area contributed by atoms with E-state index in [-0.39, 0.29) is 16.9 Å². The van der Waals surface area contributed by atoms with Gasteiger partial charge in [-0.2, -0.15) is 0 Å². The number of fused-ring (bicyclic) bond motifs is 3. The number of hydrogen-bond donors (Lipinski definition) is 0. The summed E-state index contributed by atoms with van der Waals surface area (Å²) < 4.78 is 1.94. The highest BCUT2D eigenvalue weighted by atomic mass is 16.2. The zero-order chi connectivity index (χ0) is 21.9. The summed E-state index contributed by atoms with van der Waals surface area (Å²) in [5.41, 5.74) is 4.02. The average Bonchev–Trinajstić information content (AvgIpc) is 3.41. The Balaban J connectivity index is 1.23. The normalized spacial score (nSPS) is 24.7. The second-order valence-corrected chi connectivity index (χ2v) is 10.4. The van der Waals surface area contributed by atoms with Crippen molar-refractivity contribution in [1.82, 2.24) is 19.4 Å². The summed E-state index contributed by atoms with van der Waals surface area (Å²) >= 11 is 0. The van der Waals surface area contributed by atoms with Crippen molar-refractivity contribution in [2.45, 2.75) is 64.0 Å². The highest BCUT2D eigenvalue weighted by Crippen LogP contribution is 2.42. The summed E-state index contributed by atoms with van der Waals surface area (Å²) in [5, 5.41) is 0. The molecule has 6 heteroatoms. The van der Waals surface area contributed by atoms with E-state index in [9.17, 15) is 9.59 Å². The Morgan fingerprint density at radius 2 is 1.97 bits per heavy atom. The van der Waals surface area contributed by atoms with Crippen LogP contribution in [-0.2, 0) is 36.1 Å². The van der Waals surface area contributed by atoms with Crippen molar-refractivity contribution in [2.24, 2.45) is 5.92 Å². The quantitative estimate of drug-likeness (QED) is 0.745. The topological polar surface area (TPSA) is 58.4 Å². The molecule has 1 saturated heterocycles. The number of benzene rings is 1. The maximum atomic E-state index is 13.5. The van der Waals surface area contributed by atoms with E-state index >= 15 is 0 Å². The second kappa shape index (κ2) is 7.55. The minimum absolute atomic E-state index is 0.0564. The molecule has 0 N–H and O–H groups in total. The molecule has 1 aromatic heterocycles. The van der Waals surface area contributed by atoms with E-state index in [0.717, 1.165) is 66.6 Å². The van der Waals surface area contributed by atoms with Crippen LogP contribution in [0.15, 0.2) is 29.1 Å². The molecule has 1 spiro atoms. The lowest BCUT2D eigenvalue weighted by Gasteiger charge is -2.30. The zero-order valence-corrected chi connectivity index (χ0v) is 19.0. The molecule has 1 aliphatic carbocycles. The van der Waals surface area contributed by atoms with E-state index in [4.69, 9.17) is 4.98 Å². The fourth-order valence-electron chi connectivity index (χ4n) is 6.03. The summed E-state index contributed by atoms with van der Waals surface area (Å²) in [6, 6.07) is 8.03. The molecule has 1 saturated carbocycles. The van der Waals surface area contributed by atoms with Gasteiger partial charge in [0.1, 0.15) is 5.82 Å². The molecule has 0 radical (unpaired) electrons. The van der Waals surface area contributed by atoms with Gasteiger partial charge in [0.2, 0.25) is 5.91 Å². The molecule has 2 aromatic rings. The van der Waals surface area contributed by atoms with Crippen molar-refractivity contribution in [1.29, 1.82) is 0 Å². The van der Waals surface area contributed by atoms with E-state index in [1.807, 2.05) is 40.7 Å². The molecule has 2 fully saturated rings. The Labute approximate surface area is 189 Å². The molecule has 1 unspecified atom stereocenters. The standard InChI is InChI=1S/C26H32N4O2/c1-18-4-2-3-5-20(18)14-23(31)29-11-8-22-21(16-29)24(32)30-13-10-26(25(30)27-22)9-12-28(17-26)15-19-6-7-19/h2-5,19H,6-17H2,1H3. The van der Waals surface area contributed by atoms with Crippen LogP contribution in [0.1, 0.15) is 53.9 Å². The lowest BCUT2D eigenvalue weighted by atomic mass is 9.85. The molecule has 0 bridgehead atoms. The minimum atomic E-state index is 0.0564. The third-order valence-electron chi connectivity index (χ3n) is 8.21. The van der Waals surface area contributed by atoms with Crippen molar-refractivity contribution in [2.75, 3.05) is 26.2 Å². The predicted octanol–water partition coefficient (Wildman–Crippen LogP) is 2.44. The maximum absolute atomic E-state index is 13.5. The van der Waals surface area contributed by atoms with Crippen LogP contribution in [0.5, 0.6) is 0 Å². The summed E-state index contributed by atoms with van der Waals surface area (Å²) in [7, 11) is 0. The van der Waals surface area contributed by atoms with Gasteiger partial charge in [-0.25, -0.2) is 4.98 Å². The summed E-state index contributed by atoms with van der Waals surface area (Å²) in [5.74, 6) is 2.02. The Hall–Kier alpha value is -2.47. The fourth-order valence-corrected chi connectivity index (χ4v) is 6.03. The van der Waals surface area contributed by atoms with Crippen LogP contribution in [0.4, 0.5) is 0 Å². The van der Waals surface area contributed by atoms with Crippen molar-refractivity contribution in [3.05, 3.63) is 62.8 Å². The third-order valence-corrected chi connectivity index (χ3v) is 8.21. The molecule has 3 aliphatic heterocycles. The number of amides is 1. The predicted molar refractivity (Wildman–Crippen MR) is 123 cm³/mol. The SMILES string of the molecule is Cc1ccccc1CC(=O)N1CCc2nc3n(c(=O)c2C1)CCC31CCN(CC2CC2)C1. The van der Waals surface area contributed by atoms with Crippen LogP contribution >= 0.6 is 0 Å². The molecule has 1 atom stereocenters. The van der Waals surface area contributed by atoms with Gasteiger partial charge in [-0.15, -0.1) is 0 Å². The molecular weight excluding hydrogens is 400 g/mol. The number of aryl methyl sites for hydroxylation is 1. The van der Waals surface area contributed by atoms with Crippen molar-refractivity contribution >= 4 is 5.91 Å². The van der Waals surface area contributed by atoms with Crippen molar-refractivity contribution < 1.29 is 4.79 Å². The Morgan fingerprint density at radius 3 is 2.78 bits per heavy atom. The highest BCUT2D eigenvalue weighted by molar-refractivity contribution is 5.79. The Kier molecular flexibility index (Phi) is 4.75. The van der Waals surface area contributed by atoms with Crippen molar-refractivity contribution in [3.63, 3.8) is 0 Å². The number of likely N-dealkylation sites (tertiary alicyclic amines) is 1. The smallest absolute Gasteiger partial charge is 0.258 e. The molecule has 168 valence electrons. The first-order chi connectivity index (χ1) is 15.5. The summed E-state index contributed by atoms with van der Waals surface area (Å²) in [4.78, 5) is 36.0. The van der Waals surface area contributed by atoms with E-state index in [1.165, 1.54) is 19.4 Å². The van der Waals surface area contributed by atoms with E-state index < -0.39 is 0 Å². The van der Waals surface area contributed by atoms with E-state index in [2.05, 4.69) is 4.90 Å². The van der Waals surface area contributed by atoms with Gasteiger partial charge < -0.3 is 9.80 Å². The van der Waals surface area contributed by atoms with Gasteiger partial charge >= 0.3 is 0 Å². The largest absolute Gasteiger partial charge is 0.337 e. The number of aromatic nitrogens is 2. The lowest BCUT2D eigenvalue weighted by molar-refractivity contribution is -0.131.